The quantitative estimate of drug-likeness (QED) is 0.615. The molecule has 1 saturated heterocycles. The maximum absolute atomic E-state index is 11.1. The standard InChI is InChI=1S/C7H16N2O2S/c1-6-3-4-9(5-7(6)8)12(2,10)11/h6-7H,3-5,8H2,1-2H3. The first-order valence-electron chi connectivity index (χ1n) is 4.12. The lowest BCUT2D eigenvalue weighted by molar-refractivity contribution is 0.254. The minimum atomic E-state index is -3.03. The van der Waals surface area contributed by atoms with Gasteiger partial charge in [-0.2, -0.15) is 0 Å². The molecule has 0 spiro atoms. The Morgan fingerprint density at radius 1 is 1.50 bits per heavy atom. The molecule has 1 fully saturated rings. The number of nitrogens with two attached hydrogens (primary N) is 1. The lowest BCUT2D eigenvalue weighted by Crippen LogP contribution is -2.49. The summed E-state index contributed by atoms with van der Waals surface area (Å²) < 4.78 is 23.7. The molecule has 0 aliphatic carbocycles. The fourth-order valence-corrected chi connectivity index (χ4v) is 2.25. The molecule has 5 heteroatoms. The van der Waals surface area contributed by atoms with Crippen molar-refractivity contribution in [2.24, 2.45) is 11.7 Å². The lowest BCUT2D eigenvalue weighted by Gasteiger charge is -2.33. The number of rotatable bonds is 1. The van der Waals surface area contributed by atoms with Gasteiger partial charge in [0.2, 0.25) is 10.0 Å². The number of hydrogen-bond donors (Lipinski definition) is 1. The normalized spacial score (nSPS) is 33.6. The van der Waals surface area contributed by atoms with Gasteiger partial charge >= 0.3 is 0 Å². The van der Waals surface area contributed by atoms with Crippen LogP contribution in [-0.4, -0.2) is 38.1 Å². The molecule has 4 nitrogen and oxygen atoms in total. The molecule has 0 bridgehead atoms. The van der Waals surface area contributed by atoms with Crippen molar-refractivity contribution in [1.29, 1.82) is 0 Å². The van der Waals surface area contributed by atoms with Gasteiger partial charge in [0, 0.05) is 19.1 Å². The molecule has 12 heavy (non-hydrogen) atoms. The minimum Gasteiger partial charge on any atom is -0.326 e. The van der Waals surface area contributed by atoms with Crippen LogP contribution in [0.15, 0.2) is 0 Å². The highest BCUT2D eigenvalue weighted by molar-refractivity contribution is 7.88. The largest absolute Gasteiger partial charge is 0.326 e. The smallest absolute Gasteiger partial charge is 0.211 e. The molecular weight excluding hydrogens is 176 g/mol. The van der Waals surface area contributed by atoms with Gasteiger partial charge in [-0.15, -0.1) is 0 Å². The van der Waals surface area contributed by atoms with Crippen LogP contribution in [-0.2, 0) is 10.0 Å². The summed E-state index contributed by atoms with van der Waals surface area (Å²) in [6, 6.07) is -0.00604. The number of hydrogen-bond acceptors (Lipinski definition) is 3. The lowest BCUT2D eigenvalue weighted by atomic mass is 9.96. The topological polar surface area (TPSA) is 63.4 Å². The summed E-state index contributed by atoms with van der Waals surface area (Å²) in [6.45, 7) is 3.15. The first-order valence-corrected chi connectivity index (χ1v) is 5.97. The van der Waals surface area contributed by atoms with E-state index in [2.05, 4.69) is 6.92 Å². The van der Waals surface area contributed by atoms with Crippen molar-refractivity contribution in [3.63, 3.8) is 0 Å². The van der Waals surface area contributed by atoms with Crippen LogP contribution in [0.5, 0.6) is 0 Å². The second-order valence-corrected chi connectivity index (χ2v) is 5.53. The first kappa shape index (κ1) is 9.95. The van der Waals surface area contributed by atoms with Crippen LogP contribution in [0, 0.1) is 5.92 Å². The molecule has 0 saturated carbocycles. The van der Waals surface area contributed by atoms with E-state index in [-0.39, 0.29) is 6.04 Å². The van der Waals surface area contributed by atoms with Crippen molar-refractivity contribution < 1.29 is 8.42 Å². The molecule has 0 aromatic carbocycles. The van der Waals surface area contributed by atoms with Crippen molar-refractivity contribution in [1.82, 2.24) is 4.31 Å². The van der Waals surface area contributed by atoms with Crippen molar-refractivity contribution in [3.8, 4) is 0 Å². The monoisotopic (exact) mass is 192 g/mol. The SMILES string of the molecule is CC1CCN(S(C)(=O)=O)CC1N. The molecule has 0 radical (unpaired) electrons. The van der Waals surface area contributed by atoms with Gasteiger partial charge in [0.05, 0.1) is 6.26 Å². The van der Waals surface area contributed by atoms with E-state index in [4.69, 9.17) is 5.73 Å². The number of nitrogens with zero attached hydrogens (tertiary/aromatic N) is 1. The van der Waals surface area contributed by atoms with Gasteiger partial charge < -0.3 is 5.73 Å². The Morgan fingerprint density at radius 2 is 2.08 bits per heavy atom. The van der Waals surface area contributed by atoms with E-state index in [1.807, 2.05) is 0 Å². The van der Waals surface area contributed by atoms with E-state index in [0.717, 1.165) is 6.42 Å². The predicted molar refractivity (Wildman–Crippen MR) is 48.2 cm³/mol. The van der Waals surface area contributed by atoms with Crippen LogP contribution < -0.4 is 5.73 Å². The fraction of sp³-hybridized carbons (Fsp3) is 1.00. The molecule has 2 unspecified atom stereocenters. The maximum Gasteiger partial charge on any atom is 0.211 e. The molecule has 2 N–H and O–H groups in total. The van der Waals surface area contributed by atoms with Crippen molar-refractivity contribution in [3.05, 3.63) is 0 Å². The van der Waals surface area contributed by atoms with Gasteiger partial charge in [0.1, 0.15) is 0 Å². The second-order valence-electron chi connectivity index (χ2n) is 3.55. The molecule has 1 aliphatic rings. The van der Waals surface area contributed by atoms with Crippen LogP contribution in [0.25, 0.3) is 0 Å². The summed E-state index contributed by atoms with van der Waals surface area (Å²) in [6.07, 6.45) is 2.10. The van der Waals surface area contributed by atoms with Crippen LogP contribution in [0.2, 0.25) is 0 Å². The predicted octanol–water partition coefficient (Wildman–Crippen LogP) is -0.385. The molecule has 2 atom stereocenters. The van der Waals surface area contributed by atoms with Gasteiger partial charge in [-0.1, -0.05) is 6.92 Å². The number of piperidine rings is 1. The van der Waals surface area contributed by atoms with E-state index < -0.39 is 10.0 Å². The zero-order chi connectivity index (χ0) is 9.35. The van der Waals surface area contributed by atoms with E-state index in [9.17, 15) is 8.42 Å². The summed E-state index contributed by atoms with van der Waals surface area (Å²) in [5.74, 6) is 0.433. The molecule has 72 valence electrons. The van der Waals surface area contributed by atoms with E-state index in [1.54, 1.807) is 0 Å². The zero-order valence-corrected chi connectivity index (χ0v) is 8.34. The third-order valence-corrected chi connectivity index (χ3v) is 3.72. The van der Waals surface area contributed by atoms with Crippen LogP contribution in [0.4, 0.5) is 0 Å². The Bertz CT molecular complexity index is 250. The summed E-state index contributed by atoms with van der Waals surface area (Å²) >= 11 is 0. The van der Waals surface area contributed by atoms with Crippen LogP contribution in [0.1, 0.15) is 13.3 Å². The Labute approximate surface area is 73.8 Å². The Hall–Kier alpha value is -0.130. The molecule has 1 heterocycles. The molecule has 0 aromatic rings. The Balaban J connectivity index is 2.64. The second kappa shape index (κ2) is 3.32. The van der Waals surface area contributed by atoms with Crippen LogP contribution in [0.3, 0.4) is 0 Å². The molecular formula is C7H16N2O2S. The third-order valence-electron chi connectivity index (χ3n) is 2.45. The third kappa shape index (κ3) is 2.18. The average molecular weight is 192 g/mol. The molecule has 1 rings (SSSR count). The Kier molecular flexibility index (Phi) is 2.75. The van der Waals surface area contributed by atoms with Gasteiger partial charge in [-0.05, 0) is 12.3 Å². The highest BCUT2D eigenvalue weighted by Crippen LogP contribution is 2.17. The highest BCUT2D eigenvalue weighted by Gasteiger charge is 2.27. The molecule has 1 aliphatic heterocycles. The van der Waals surface area contributed by atoms with E-state index in [0.29, 0.717) is 19.0 Å². The summed E-state index contributed by atoms with van der Waals surface area (Å²) in [7, 11) is -3.03. The Morgan fingerprint density at radius 3 is 2.50 bits per heavy atom. The van der Waals surface area contributed by atoms with Crippen molar-refractivity contribution in [2.45, 2.75) is 19.4 Å². The first-order chi connectivity index (χ1) is 5.41. The highest BCUT2D eigenvalue weighted by atomic mass is 32.2. The van der Waals surface area contributed by atoms with Gasteiger partial charge in [0.15, 0.2) is 0 Å². The van der Waals surface area contributed by atoms with E-state index in [1.165, 1.54) is 10.6 Å². The van der Waals surface area contributed by atoms with Crippen molar-refractivity contribution >= 4 is 10.0 Å². The van der Waals surface area contributed by atoms with E-state index >= 15 is 0 Å². The summed E-state index contributed by atoms with van der Waals surface area (Å²) in [4.78, 5) is 0. The van der Waals surface area contributed by atoms with Gasteiger partial charge in [-0.25, -0.2) is 12.7 Å². The molecule has 0 aromatic heterocycles. The minimum absolute atomic E-state index is 0.00604. The van der Waals surface area contributed by atoms with Crippen LogP contribution >= 0.6 is 0 Å². The van der Waals surface area contributed by atoms with Gasteiger partial charge in [0.25, 0.3) is 0 Å². The van der Waals surface area contributed by atoms with Gasteiger partial charge in [-0.3, -0.25) is 0 Å². The zero-order valence-electron chi connectivity index (χ0n) is 7.53. The summed E-state index contributed by atoms with van der Waals surface area (Å²) in [5, 5.41) is 0. The average Bonchev–Trinajstić information content (AvgIpc) is 1.92. The maximum atomic E-state index is 11.1. The fourth-order valence-electron chi connectivity index (χ4n) is 1.37. The number of sulfonamides is 1. The summed E-state index contributed by atoms with van der Waals surface area (Å²) in [5.41, 5.74) is 5.76. The molecule has 0 amide bonds. The van der Waals surface area contributed by atoms with Crippen molar-refractivity contribution in [2.75, 3.05) is 19.3 Å².